The highest BCUT2D eigenvalue weighted by Crippen LogP contribution is 2.32. The first-order valence-electron chi connectivity index (χ1n) is 12.7. The minimum absolute atomic E-state index is 0.0615. The number of methoxy groups -OCH3 is 1. The molecule has 2 aliphatic rings. The molecule has 8 nitrogen and oxygen atoms in total. The number of nitrogens with one attached hydrogen (secondary N) is 2. The van der Waals surface area contributed by atoms with Crippen molar-refractivity contribution in [3.63, 3.8) is 0 Å². The number of hydrogen-bond donors (Lipinski definition) is 2. The van der Waals surface area contributed by atoms with Crippen LogP contribution in [-0.4, -0.2) is 60.9 Å². The number of urea groups is 1. The van der Waals surface area contributed by atoms with Gasteiger partial charge in [-0.2, -0.15) is 0 Å². The largest absolute Gasteiger partial charge is 0.496 e. The smallest absolute Gasteiger partial charge is 0.325 e. The number of likely N-dealkylation sites (tertiary alicyclic amines) is 1. The third-order valence-corrected chi connectivity index (χ3v) is 7.48. The Bertz CT molecular complexity index is 1340. The summed E-state index contributed by atoms with van der Waals surface area (Å²) in [6.07, 6.45) is 2.21. The average Bonchev–Trinajstić information content (AvgIpc) is 3.52. The van der Waals surface area contributed by atoms with Gasteiger partial charge in [0.2, 0.25) is 5.91 Å². The van der Waals surface area contributed by atoms with Crippen molar-refractivity contribution < 1.29 is 19.1 Å². The summed E-state index contributed by atoms with van der Waals surface area (Å²) >= 11 is 0. The van der Waals surface area contributed by atoms with Crippen molar-refractivity contribution in [1.29, 1.82) is 0 Å². The van der Waals surface area contributed by atoms with Crippen LogP contribution in [0.3, 0.4) is 0 Å². The molecule has 0 radical (unpaired) electrons. The third-order valence-electron chi connectivity index (χ3n) is 7.48. The lowest BCUT2D eigenvalue weighted by Gasteiger charge is -2.29. The normalized spacial score (nSPS) is 20.8. The molecule has 3 aromatic carbocycles. The Labute approximate surface area is 216 Å². The number of amides is 4. The van der Waals surface area contributed by atoms with Gasteiger partial charge in [-0.05, 0) is 61.3 Å². The first-order valence-corrected chi connectivity index (χ1v) is 12.7. The molecule has 0 bridgehead atoms. The highest BCUT2D eigenvalue weighted by atomic mass is 16.5. The van der Waals surface area contributed by atoms with E-state index in [9.17, 15) is 14.4 Å². The van der Waals surface area contributed by atoms with Crippen molar-refractivity contribution in [3.8, 4) is 5.75 Å². The van der Waals surface area contributed by atoms with E-state index in [0.29, 0.717) is 12.1 Å². The molecule has 0 spiro atoms. The summed E-state index contributed by atoms with van der Waals surface area (Å²) in [5.41, 5.74) is 0.445. The molecule has 2 saturated heterocycles. The number of fused-ring (bicyclic) bond motifs is 1. The molecule has 2 heterocycles. The molecule has 2 aliphatic heterocycles. The molecule has 2 fully saturated rings. The van der Waals surface area contributed by atoms with Gasteiger partial charge in [0.25, 0.3) is 5.91 Å². The molecule has 0 unspecified atom stereocenters. The molecular formula is C29H32N4O4. The van der Waals surface area contributed by atoms with Crippen molar-refractivity contribution in [2.24, 2.45) is 0 Å². The zero-order chi connectivity index (χ0) is 26.0. The number of benzene rings is 3. The lowest BCUT2D eigenvalue weighted by molar-refractivity contribution is -0.134. The molecule has 37 heavy (non-hydrogen) atoms. The second kappa shape index (κ2) is 10.2. The third kappa shape index (κ3) is 4.76. The van der Waals surface area contributed by atoms with Crippen LogP contribution in [0.25, 0.3) is 10.8 Å². The maximum atomic E-state index is 13.4. The van der Waals surface area contributed by atoms with Crippen LogP contribution in [0.15, 0.2) is 66.7 Å². The van der Waals surface area contributed by atoms with Crippen LogP contribution in [0, 0.1) is 0 Å². The van der Waals surface area contributed by atoms with Crippen molar-refractivity contribution in [3.05, 3.63) is 77.9 Å². The number of carbonyl (C=O) groups is 3. The van der Waals surface area contributed by atoms with Crippen molar-refractivity contribution in [2.45, 2.75) is 31.3 Å². The molecule has 2 atom stereocenters. The first-order chi connectivity index (χ1) is 17.9. The number of rotatable bonds is 8. The second-order valence-corrected chi connectivity index (χ2v) is 9.81. The molecule has 0 aliphatic carbocycles. The van der Waals surface area contributed by atoms with Crippen LogP contribution in [0.4, 0.5) is 4.79 Å². The van der Waals surface area contributed by atoms with Crippen LogP contribution in [0.1, 0.15) is 36.9 Å². The molecule has 5 rings (SSSR count). The van der Waals surface area contributed by atoms with E-state index in [2.05, 4.69) is 15.5 Å². The van der Waals surface area contributed by atoms with E-state index >= 15 is 0 Å². The van der Waals surface area contributed by atoms with E-state index in [1.165, 1.54) is 0 Å². The van der Waals surface area contributed by atoms with E-state index in [0.717, 1.165) is 52.9 Å². The van der Waals surface area contributed by atoms with Gasteiger partial charge in [0, 0.05) is 12.1 Å². The van der Waals surface area contributed by atoms with Gasteiger partial charge in [0.1, 0.15) is 17.8 Å². The maximum Gasteiger partial charge on any atom is 0.325 e. The number of carbonyl (C=O) groups excluding carboxylic acids is 3. The molecular weight excluding hydrogens is 468 g/mol. The molecule has 4 amide bonds. The van der Waals surface area contributed by atoms with Gasteiger partial charge in [-0.25, -0.2) is 4.79 Å². The van der Waals surface area contributed by atoms with Crippen LogP contribution in [0.2, 0.25) is 0 Å². The summed E-state index contributed by atoms with van der Waals surface area (Å²) < 4.78 is 5.57. The lowest BCUT2D eigenvalue weighted by Crippen LogP contribution is -2.45. The minimum atomic E-state index is -1.24. The van der Waals surface area contributed by atoms with E-state index in [-0.39, 0.29) is 18.5 Å². The number of para-hydroxylation sites is 1. The van der Waals surface area contributed by atoms with E-state index in [4.69, 9.17) is 4.74 Å². The summed E-state index contributed by atoms with van der Waals surface area (Å²) in [6.45, 7) is 3.57. The Morgan fingerprint density at radius 2 is 1.73 bits per heavy atom. The topological polar surface area (TPSA) is 91.0 Å². The SMILES string of the molecule is COc1ccccc1[C@@H](CNC(=O)CN1C(=O)N[C@](C)(c2ccc3ccccc3c2)C1=O)N1CCCC1. The van der Waals surface area contributed by atoms with Gasteiger partial charge < -0.3 is 15.4 Å². The van der Waals surface area contributed by atoms with Gasteiger partial charge in [0.05, 0.1) is 13.2 Å². The minimum Gasteiger partial charge on any atom is -0.496 e. The monoisotopic (exact) mass is 500 g/mol. The molecule has 0 saturated carbocycles. The standard InChI is InChI=1S/C29H32N4O4/c1-29(22-14-13-20-9-3-4-10-21(20)17-22)27(35)33(28(36)31-29)19-26(34)30-18-24(32-15-7-8-16-32)23-11-5-6-12-25(23)37-2/h3-6,9-14,17,24H,7-8,15-16,18-19H2,1-2H3,(H,30,34)(H,31,36)/t24-,29-/m1/s1. The van der Waals surface area contributed by atoms with Crippen molar-refractivity contribution in [2.75, 3.05) is 33.3 Å². The molecule has 0 aromatic heterocycles. The van der Waals surface area contributed by atoms with Gasteiger partial charge >= 0.3 is 6.03 Å². The van der Waals surface area contributed by atoms with Gasteiger partial charge in [0.15, 0.2) is 0 Å². The predicted octanol–water partition coefficient (Wildman–Crippen LogP) is 3.57. The van der Waals surface area contributed by atoms with E-state index < -0.39 is 17.5 Å². The van der Waals surface area contributed by atoms with Crippen molar-refractivity contribution in [1.82, 2.24) is 20.4 Å². The molecule has 3 aromatic rings. The van der Waals surface area contributed by atoms with E-state index in [1.54, 1.807) is 14.0 Å². The molecule has 192 valence electrons. The Balaban J connectivity index is 1.29. The Morgan fingerprint density at radius 3 is 2.49 bits per heavy atom. The fourth-order valence-corrected chi connectivity index (χ4v) is 5.38. The van der Waals surface area contributed by atoms with Crippen LogP contribution in [-0.2, 0) is 15.1 Å². The molecule has 8 heteroatoms. The Kier molecular flexibility index (Phi) is 6.84. The van der Waals surface area contributed by atoms with Crippen LogP contribution in [0.5, 0.6) is 5.75 Å². The number of hydrogen-bond acceptors (Lipinski definition) is 5. The summed E-state index contributed by atoms with van der Waals surface area (Å²) in [5.74, 6) is -0.0528. The maximum absolute atomic E-state index is 13.4. The fraction of sp³-hybridized carbons (Fsp3) is 0.345. The van der Waals surface area contributed by atoms with Crippen molar-refractivity contribution >= 4 is 28.6 Å². The lowest BCUT2D eigenvalue weighted by atomic mass is 9.90. The second-order valence-electron chi connectivity index (χ2n) is 9.81. The zero-order valence-electron chi connectivity index (χ0n) is 21.2. The fourth-order valence-electron chi connectivity index (χ4n) is 5.38. The number of imide groups is 1. The van der Waals surface area contributed by atoms with Gasteiger partial charge in [-0.1, -0.05) is 54.6 Å². The summed E-state index contributed by atoms with van der Waals surface area (Å²) in [5, 5.41) is 7.78. The van der Waals surface area contributed by atoms with Crippen LogP contribution >= 0.6 is 0 Å². The summed E-state index contributed by atoms with van der Waals surface area (Å²) in [6, 6.07) is 20.7. The highest BCUT2D eigenvalue weighted by molar-refractivity contribution is 6.09. The Hall–Kier alpha value is -3.91. The summed E-state index contributed by atoms with van der Waals surface area (Å²) in [4.78, 5) is 42.5. The average molecular weight is 501 g/mol. The Morgan fingerprint density at radius 1 is 1.03 bits per heavy atom. The van der Waals surface area contributed by atoms with E-state index in [1.807, 2.05) is 66.7 Å². The predicted molar refractivity (Wildman–Crippen MR) is 141 cm³/mol. The quantitative estimate of drug-likeness (QED) is 0.462. The number of nitrogens with zero attached hydrogens (tertiary/aromatic N) is 2. The van der Waals surface area contributed by atoms with Gasteiger partial charge in [-0.3, -0.25) is 19.4 Å². The molecule has 2 N–H and O–H groups in total. The zero-order valence-corrected chi connectivity index (χ0v) is 21.2. The van der Waals surface area contributed by atoms with Gasteiger partial charge in [-0.15, -0.1) is 0 Å². The first kappa shape index (κ1) is 24.8. The summed E-state index contributed by atoms with van der Waals surface area (Å²) in [7, 11) is 1.64. The van der Waals surface area contributed by atoms with Crippen LogP contribution < -0.4 is 15.4 Å². The highest BCUT2D eigenvalue weighted by Gasteiger charge is 2.49. The number of ether oxygens (including phenoxy) is 1.